The largest absolute Gasteiger partial charge is 0.340 e. The molecule has 1 rings (SSSR count). The number of benzene rings is 1. The fourth-order valence-electron chi connectivity index (χ4n) is 1.29. The minimum absolute atomic E-state index is 0.0714. The van der Waals surface area contributed by atoms with Gasteiger partial charge in [0.1, 0.15) is 17.0 Å². The topological polar surface area (TPSA) is 20.3 Å². The summed E-state index contributed by atoms with van der Waals surface area (Å²) in [5.74, 6) is -1.60. The maximum absolute atomic E-state index is 13.3. The quantitative estimate of drug-likeness (QED) is 0.752. The van der Waals surface area contributed by atoms with E-state index in [1.165, 1.54) is 18.0 Å². The maximum atomic E-state index is 13.3. The van der Waals surface area contributed by atoms with Gasteiger partial charge in [-0.3, -0.25) is 4.79 Å². The first-order chi connectivity index (χ1) is 7.41. The van der Waals surface area contributed by atoms with Gasteiger partial charge in [0, 0.05) is 25.2 Å². The van der Waals surface area contributed by atoms with Crippen LogP contribution in [0, 0.1) is 11.6 Å². The van der Waals surface area contributed by atoms with E-state index in [-0.39, 0.29) is 18.0 Å². The maximum Gasteiger partial charge on any atom is 0.240 e. The molecule has 0 spiro atoms. The minimum atomic E-state index is -0.665. The lowest BCUT2D eigenvalue weighted by Crippen LogP contribution is -2.31. The third-order valence-electron chi connectivity index (χ3n) is 2.14. The molecule has 16 heavy (non-hydrogen) atoms. The summed E-state index contributed by atoms with van der Waals surface area (Å²) >= 11 is 5.61. The number of halogens is 3. The molecule has 1 aromatic carbocycles. The van der Waals surface area contributed by atoms with Gasteiger partial charge >= 0.3 is 0 Å². The van der Waals surface area contributed by atoms with Crippen LogP contribution in [0.3, 0.4) is 0 Å². The molecule has 0 heterocycles. The number of carbonyl (C=O) groups is 1. The predicted molar refractivity (Wildman–Crippen MR) is 58.1 cm³/mol. The molecule has 0 aliphatic carbocycles. The Bertz CT molecular complexity index is 396. The Hall–Kier alpha value is -1.16. The van der Waals surface area contributed by atoms with Gasteiger partial charge < -0.3 is 4.90 Å². The molecule has 0 radical (unpaired) electrons. The number of alkyl halides is 1. The Morgan fingerprint density at radius 3 is 2.62 bits per heavy atom. The highest BCUT2D eigenvalue weighted by molar-refractivity contribution is 6.30. The molecule has 2 nitrogen and oxygen atoms in total. The van der Waals surface area contributed by atoms with Crippen molar-refractivity contribution in [2.45, 2.75) is 18.8 Å². The molecule has 1 aromatic rings. The number of carbonyl (C=O) groups excluding carboxylic acids is 1. The van der Waals surface area contributed by atoms with Crippen molar-refractivity contribution < 1.29 is 13.6 Å². The normalized spacial score (nSPS) is 12.3. The molecule has 0 aliphatic heterocycles. The summed E-state index contributed by atoms with van der Waals surface area (Å²) in [5, 5.41) is -0.659. The van der Waals surface area contributed by atoms with Crippen LogP contribution in [0.4, 0.5) is 8.78 Å². The number of rotatable bonds is 3. The molecule has 1 unspecified atom stereocenters. The molecule has 0 fully saturated rings. The average molecular weight is 248 g/mol. The zero-order valence-corrected chi connectivity index (χ0v) is 9.76. The van der Waals surface area contributed by atoms with Crippen molar-refractivity contribution in [3.8, 4) is 0 Å². The van der Waals surface area contributed by atoms with E-state index in [0.717, 1.165) is 12.1 Å². The summed E-state index contributed by atoms with van der Waals surface area (Å²) in [5.41, 5.74) is 0.259. The van der Waals surface area contributed by atoms with Crippen molar-refractivity contribution in [1.29, 1.82) is 0 Å². The molecule has 0 N–H and O–H groups in total. The Kier molecular flexibility index (Phi) is 4.24. The van der Waals surface area contributed by atoms with Gasteiger partial charge in [-0.1, -0.05) is 6.07 Å². The molecule has 0 aromatic heterocycles. The van der Waals surface area contributed by atoms with Crippen LogP contribution >= 0.6 is 11.6 Å². The van der Waals surface area contributed by atoms with Crippen LogP contribution in [0.2, 0.25) is 0 Å². The van der Waals surface area contributed by atoms with Crippen LogP contribution in [0.15, 0.2) is 18.2 Å². The first kappa shape index (κ1) is 12.9. The summed E-state index contributed by atoms with van der Waals surface area (Å²) in [6.07, 6.45) is 0. The van der Waals surface area contributed by atoms with Crippen molar-refractivity contribution in [2.75, 3.05) is 7.05 Å². The lowest BCUT2D eigenvalue weighted by atomic mass is 10.2. The van der Waals surface area contributed by atoms with E-state index < -0.39 is 17.0 Å². The molecular formula is C11H12ClF2NO. The van der Waals surface area contributed by atoms with Gasteiger partial charge in [0.05, 0.1) is 0 Å². The molecule has 88 valence electrons. The molecule has 1 atom stereocenters. The SMILES string of the molecule is CC(Cl)C(=O)N(C)Cc1ccc(F)cc1F. The first-order valence-electron chi connectivity index (χ1n) is 4.74. The zero-order chi connectivity index (χ0) is 12.3. The van der Waals surface area contributed by atoms with E-state index in [9.17, 15) is 13.6 Å². The second-order valence-corrected chi connectivity index (χ2v) is 4.20. The van der Waals surface area contributed by atoms with E-state index in [4.69, 9.17) is 11.6 Å². The summed E-state index contributed by atoms with van der Waals surface area (Å²) < 4.78 is 25.9. The van der Waals surface area contributed by atoms with Gasteiger partial charge in [-0.05, 0) is 13.0 Å². The van der Waals surface area contributed by atoms with Crippen LogP contribution in [-0.4, -0.2) is 23.2 Å². The van der Waals surface area contributed by atoms with Gasteiger partial charge in [-0.2, -0.15) is 0 Å². The van der Waals surface area contributed by atoms with Crippen LogP contribution < -0.4 is 0 Å². The molecule has 0 saturated heterocycles. The molecule has 1 amide bonds. The van der Waals surface area contributed by atoms with Crippen molar-refractivity contribution in [1.82, 2.24) is 4.90 Å². The summed E-state index contributed by atoms with van der Waals surface area (Å²) in [6, 6.07) is 3.26. The van der Waals surface area contributed by atoms with Gasteiger partial charge in [0.25, 0.3) is 0 Å². The minimum Gasteiger partial charge on any atom is -0.340 e. The van der Waals surface area contributed by atoms with Crippen LogP contribution in [-0.2, 0) is 11.3 Å². The Balaban J connectivity index is 2.77. The lowest BCUT2D eigenvalue weighted by molar-refractivity contribution is -0.129. The van der Waals surface area contributed by atoms with Gasteiger partial charge in [0.15, 0.2) is 0 Å². The van der Waals surface area contributed by atoms with Crippen LogP contribution in [0.25, 0.3) is 0 Å². The number of amides is 1. The summed E-state index contributed by atoms with van der Waals surface area (Å²) in [4.78, 5) is 12.7. The fourth-order valence-corrected chi connectivity index (χ4v) is 1.45. The number of hydrogen-bond donors (Lipinski definition) is 0. The van der Waals surface area contributed by atoms with Crippen molar-refractivity contribution in [3.05, 3.63) is 35.4 Å². The van der Waals surface area contributed by atoms with E-state index in [2.05, 4.69) is 0 Å². The molecule has 5 heteroatoms. The fraction of sp³-hybridized carbons (Fsp3) is 0.364. The zero-order valence-electron chi connectivity index (χ0n) is 9.01. The summed E-state index contributed by atoms with van der Waals surface area (Å²) in [7, 11) is 1.52. The molecule has 0 bridgehead atoms. The second-order valence-electron chi connectivity index (χ2n) is 3.55. The van der Waals surface area contributed by atoms with Crippen LogP contribution in [0.5, 0.6) is 0 Å². The van der Waals surface area contributed by atoms with Crippen molar-refractivity contribution in [3.63, 3.8) is 0 Å². The molecule has 0 aliphatic rings. The number of hydrogen-bond acceptors (Lipinski definition) is 1. The predicted octanol–water partition coefficient (Wildman–Crippen LogP) is 2.55. The third kappa shape index (κ3) is 3.17. The Labute approximate surface area is 97.8 Å². The molecule has 0 saturated carbocycles. The van der Waals surface area contributed by atoms with Gasteiger partial charge in [-0.25, -0.2) is 8.78 Å². The smallest absolute Gasteiger partial charge is 0.240 e. The highest BCUT2D eigenvalue weighted by Crippen LogP contribution is 2.12. The van der Waals surface area contributed by atoms with Crippen molar-refractivity contribution >= 4 is 17.5 Å². The highest BCUT2D eigenvalue weighted by Gasteiger charge is 2.16. The monoisotopic (exact) mass is 247 g/mol. The number of nitrogens with zero attached hydrogens (tertiary/aromatic N) is 1. The lowest BCUT2D eigenvalue weighted by Gasteiger charge is -2.18. The van der Waals surface area contributed by atoms with Gasteiger partial charge in [0.2, 0.25) is 5.91 Å². The highest BCUT2D eigenvalue weighted by atomic mass is 35.5. The standard InChI is InChI=1S/C11H12ClF2NO/c1-7(12)11(16)15(2)6-8-3-4-9(13)5-10(8)14/h3-5,7H,6H2,1-2H3. The second kappa shape index (κ2) is 5.25. The van der Waals surface area contributed by atoms with Crippen molar-refractivity contribution in [2.24, 2.45) is 0 Å². The summed E-state index contributed by atoms with van der Waals surface area (Å²) in [6.45, 7) is 1.61. The van der Waals surface area contributed by atoms with E-state index >= 15 is 0 Å². The van der Waals surface area contributed by atoms with E-state index in [1.807, 2.05) is 0 Å². The molecular weight excluding hydrogens is 236 g/mol. The van der Waals surface area contributed by atoms with E-state index in [0.29, 0.717) is 0 Å². The van der Waals surface area contributed by atoms with Crippen LogP contribution in [0.1, 0.15) is 12.5 Å². The third-order valence-corrected chi connectivity index (χ3v) is 2.33. The first-order valence-corrected chi connectivity index (χ1v) is 5.18. The van der Waals surface area contributed by atoms with E-state index in [1.54, 1.807) is 6.92 Å². The Morgan fingerprint density at radius 2 is 2.12 bits per heavy atom. The van der Waals surface area contributed by atoms with Gasteiger partial charge in [-0.15, -0.1) is 11.6 Å². The average Bonchev–Trinajstić information content (AvgIpc) is 2.20. The Morgan fingerprint density at radius 1 is 1.50 bits per heavy atom.